The van der Waals surface area contributed by atoms with E-state index in [0.29, 0.717) is 0 Å². The highest BCUT2D eigenvalue weighted by Crippen LogP contribution is 2.19. The smallest absolute Gasteiger partial charge is 0.282 e. The molecule has 0 radical (unpaired) electrons. The van der Waals surface area contributed by atoms with Crippen molar-refractivity contribution in [2.75, 3.05) is 69.2 Å². The summed E-state index contributed by atoms with van der Waals surface area (Å²) in [6.45, 7) is 13.4. The van der Waals surface area contributed by atoms with Crippen LogP contribution < -0.4 is 20.0 Å². The Morgan fingerprint density at radius 2 is 1.80 bits per heavy atom. The highest BCUT2D eigenvalue weighted by molar-refractivity contribution is 5.93. The van der Waals surface area contributed by atoms with E-state index in [4.69, 9.17) is 4.74 Å². The molecule has 2 fully saturated rings. The highest BCUT2D eigenvalue weighted by Gasteiger charge is 2.30. The number of benzene rings is 1. The number of carbonyl (C=O) groups is 1. The third-order valence-corrected chi connectivity index (χ3v) is 5.62. The number of anilines is 2. The second-order valence-electron chi connectivity index (χ2n) is 7.12. The van der Waals surface area contributed by atoms with E-state index >= 15 is 0 Å². The molecule has 6 nitrogen and oxygen atoms in total. The summed E-state index contributed by atoms with van der Waals surface area (Å²) in [6.07, 6.45) is 0. The fourth-order valence-electron chi connectivity index (χ4n) is 3.72. The molecule has 0 bridgehead atoms. The van der Waals surface area contributed by atoms with Crippen molar-refractivity contribution in [1.82, 2.24) is 0 Å². The first kappa shape index (κ1) is 18.2. The molecule has 2 saturated heterocycles. The second kappa shape index (κ2) is 8.65. The van der Waals surface area contributed by atoms with Crippen LogP contribution in [0, 0.1) is 0 Å². The molecule has 1 aromatic carbocycles. The number of nitrogens with one attached hydrogen (secondary N) is 3. The molecular weight excluding hydrogens is 316 g/mol. The zero-order valence-electron chi connectivity index (χ0n) is 15.5. The highest BCUT2D eigenvalue weighted by atomic mass is 16.5. The van der Waals surface area contributed by atoms with Crippen LogP contribution in [0.25, 0.3) is 0 Å². The number of likely N-dealkylation sites (N-methyl/N-ethyl adjacent to an activating group) is 1. The van der Waals surface area contributed by atoms with Gasteiger partial charge in [-0.05, 0) is 38.1 Å². The monoisotopic (exact) mass is 348 g/mol. The van der Waals surface area contributed by atoms with Crippen LogP contribution in [0.3, 0.4) is 0 Å². The third-order valence-electron chi connectivity index (χ3n) is 5.62. The SMILES string of the molecule is CC[NH+]1CC[NH+]([C@@H](C)C(=O)Nc2ccc(N3CCOCC3)cc2)CC1. The van der Waals surface area contributed by atoms with Crippen molar-refractivity contribution in [3.8, 4) is 0 Å². The van der Waals surface area contributed by atoms with Gasteiger partial charge in [0.1, 0.15) is 26.2 Å². The lowest BCUT2D eigenvalue weighted by Crippen LogP contribution is -3.29. The summed E-state index contributed by atoms with van der Waals surface area (Å²) in [6, 6.07) is 8.18. The maximum absolute atomic E-state index is 12.6. The molecule has 0 aromatic heterocycles. The van der Waals surface area contributed by atoms with Gasteiger partial charge in [-0.3, -0.25) is 4.79 Å². The molecule has 0 aliphatic carbocycles. The number of amides is 1. The number of quaternary nitrogens is 2. The molecule has 25 heavy (non-hydrogen) atoms. The Balaban J connectivity index is 1.52. The van der Waals surface area contributed by atoms with Crippen molar-refractivity contribution in [2.45, 2.75) is 19.9 Å². The lowest BCUT2D eigenvalue weighted by molar-refractivity contribution is -1.02. The third kappa shape index (κ3) is 4.71. The van der Waals surface area contributed by atoms with Crippen LogP contribution in [-0.4, -0.2) is 71.0 Å². The van der Waals surface area contributed by atoms with Gasteiger partial charge in [0.2, 0.25) is 0 Å². The van der Waals surface area contributed by atoms with Gasteiger partial charge in [-0.1, -0.05) is 0 Å². The van der Waals surface area contributed by atoms with Crippen molar-refractivity contribution in [1.29, 1.82) is 0 Å². The minimum absolute atomic E-state index is 0.00248. The van der Waals surface area contributed by atoms with Gasteiger partial charge in [-0.2, -0.15) is 0 Å². The fraction of sp³-hybridized carbons (Fsp3) is 0.632. The topological polar surface area (TPSA) is 50.5 Å². The standard InChI is InChI=1S/C19H30N4O2/c1-3-21-8-10-22(11-9-21)16(2)19(24)20-17-4-6-18(7-5-17)23-12-14-25-15-13-23/h4-7,16H,3,8-15H2,1-2H3,(H,20,24)/p+2/t16-/m0/s1. The molecule has 0 spiro atoms. The van der Waals surface area contributed by atoms with Gasteiger partial charge in [0.25, 0.3) is 5.91 Å². The summed E-state index contributed by atoms with van der Waals surface area (Å²) in [5, 5.41) is 3.08. The number of rotatable bonds is 5. The van der Waals surface area contributed by atoms with Crippen LogP contribution in [-0.2, 0) is 9.53 Å². The summed E-state index contributed by atoms with van der Waals surface area (Å²) < 4.78 is 5.39. The van der Waals surface area contributed by atoms with Gasteiger partial charge >= 0.3 is 0 Å². The number of carbonyl (C=O) groups excluding carboxylic acids is 1. The fourth-order valence-corrected chi connectivity index (χ4v) is 3.72. The van der Waals surface area contributed by atoms with Crippen LogP contribution in [0.15, 0.2) is 24.3 Å². The van der Waals surface area contributed by atoms with E-state index in [9.17, 15) is 4.79 Å². The number of nitrogens with zero attached hydrogens (tertiary/aromatic N) is 1. The average molecular weight is 348 g/mol. The molecule has 2 aliphatic rings. The molecule has 1 aromatic rings. The molecule has 1 atom stereocenters. The first-order valence-electron chi connectivity index (χ1n) is 9.59. The minimum atomic E-state index is -0.00248. The van der Waals surface area contributed by atoms with Crippen molar-refractivity contribution in [3.05, 3.63) is 24.3 Å². The van der Waals surface area contributed by atoms with Crippen LogP contribution in [0.2, 0.25) is 0 Å². The first-order valence-corrected chi connectivity index (χ1v) is 9.59. The number of piperazine rings is 1. The van der Waals surface area contributed by atoms with Crippen LogP contribution in [0.5, 0.6) is 0 Å². The Labute approximate surface area is 150 Å². The van der Waals surface area contributed by atoms with E-state index in [1.54, 1.807) is 4.90 Å². The first-order chi connectivity index (χ1) is 12.2. The zero-order chi connectivity index (χ0) is 17.6. The molecule has 6 heteroatoms. The van der Waals surface area contributed by atoms with Gasteiger partial charge in [0, 0.05) is 24.5 Å². The van der Waals surface area contributed by atoms with Gasteiger partial charge in [-0.25, -0.2) is 0 Å². The predicted octanol–water partition coefficient (Wildman–Crippen LogP) is -1.35. The van der Waals surface area contributed by atoms with Crippen molar-refractivity contribution in [3.63, 3.8) is 0 Å². The Hall–Kier alpha value is -1.63. The Morgan fingerprint density at radius 3 is 2.40 bits per heavy atom. The van der Waals surface area contributed by atoms with E-state index < -0.39 is 0 Å². The Kier molecular flexibility index (Phi) is 6.29. The van der Waals surface area contributed by atoms with Crippen LogP contribution >= 0.6 is 0 Å². The number of hydrogen-bond donors (Lipinski definition) is 3. The maximum atomic E-state index is 12.6. The zero-order valence-corrected chi connectivity index (χ0v) is 15.5. The van der Waals surface area contributed by atoms with Gasteiger partial charge in [-0.15, -0.1) is 0 Å². The molecule has 0 saturated carbocycles. The quantitative estimate of drug-likeness (QED) is 0.617. The molecular formula is C19H32N4O2+2. The summed E-state index contributed by atoms with van der Waals surface area (Å²) in [5.74, 6) is 0.120. The van der Waals surface area contributed by atoms with Gasteiger partial charge in [0.05, 0.1) is 19.8 Å². The molecule has 2 aliphatic heterocycles. The number of hydrogen-bond acceptors (Lipinski definition) is 3. The van der Waals surface area contributed by atoms with Gasteiger partial charge < -0.3 is 24.8 Å². The van der Waals surface area contributed by atoms with E-state index in [0.717, 1.165) is 58.2 Å². The summed E-state index contributed by atoms with van der Waals surface area (Å²) in [7, 11) is 0. The average Bonchev–Trinajstić information content (AvgIpc) is 2.68. The Bertz CT molecular complexity index is 549. The van der Waals surface area contributed by atoms with Crippen LogP contribution in [0.4, 0.5) is 11.4 Å². The molecule has 3 rings (SSSR count). The summed E-state index contributed by atoms with van der Waals surface area (Å²) in [4.78, 5) is 18.0. The van der Waals surface area contributed by atoms with E-state index in [1.165, 1.54) is 17.1 Å². The minimum Gasteiger partial charge on any atom is -0.378 e. The molecule has 138 valence electrons. The van der Waals surface area contributed by atoms with Crippen molar-refractivity contribution in [2.24, 2.45) is 0 Å². The molecule has 3 N–H and O–H groups in total. The second-order valence-corrected chi connectivity index (χ2v) is 7.12. The largest absolute Gasteiger partial charge is 0.378 e. The van der Waals surface area contributed by atoms with Crippen molar-refractivity contribution < 1.29 is 19.3 Å². The molecule has 2 heterocycles. The summed E-state index contributed by atoms with van der Waals surface area (Å²) >= 11 is 0. The predicted molar refractivity (Wildman–Crippen MR) is 99.5 cm³/mol. The summed E-state index contributed by atoms with van der Waals surface area (Å²) in [5.41, 5.74) is 2.07. The molecule has 1 amide bonds. The van der Waals surface area contributed by atoms with Crippen molar-refractivity contribution >= 4 is 17.3 Å². The normalized spacial score (nSPS) is 25.4. The van der Waals surface area contributed by atoms with E-state index in [-0.39, 0.29) is 11.9 Å². The lowest BCUT2D eigenvalue weighted by Gasteiger charge is -2.32. The molecule has 0 unspecified atom stereocenters. The van der Waals surface area contributed by atoms with Crippen LogP contribution in [0.1, 0.15) is 13.8 Å². The number of morpholine rings is 1. The Morgan fingerprint density at radius 1 is 1.16 bits per heavy atom. The van der Waals surface area contributed by atoms with E-state index in [1.807, 2.05) is 19.1 Å². The lowest BCUT2D eigenvalue weighted by atomic mass is 10.2. The maximum Gasteiger partial charge on any atom is 0.282 e. The van der Waals surface area contributed by atoms with Gasteiger partial charge in [0.15, 0.2) is 6.04 Å². The number of ether oxygens (including phenoxy) is 1. The van der Waals surface area contributed by atoms with E-state index in [2.05, 4.69) is 29.3 Å².